The highest BCUT2D eigenvalue weighted by Crippen LogP contribution is 2.19. The Labute approximate surface area is 93.9 Å². The molecule has 0 amide bonds. The molecule has 1 aromatic carbocycles. The van der Waals surface area contributed by atoms with Crippen molar-refractivity contribution in [1.29, 1.82) is 0 Å². The number of Topliss-reactive ketones (excluding diaryl/α,β-unsaturated/α-hetero) is 1. The van der Waals surface area contributed by atoms with Gasteiger partial charge < -0.3 is 9.84 Å². The fraction of sp³-hybridized carbons (Fsp3) is 0.333. The summed E-state index contributed by atoms with van der Waals surface area (Å²) in [5.41, 5.74) is 1.27. The fourth-order valence-corrected chi connectivity index (χ4v) is 1.49. The summed E-state index contributed by atoms with van der Waals surface area (Å²) >= 11 is 0. The van der Waals surface area contributed by atoms with E-state index in [1.807, 2.05) is 0 Å². The third-order valence-corrected chi connectivity index (χ3v) is 2.30. The summed E-state index contributed by atoms with van der Waals surface area (Å²) < 4.78 is 5.04. The summed E-state index contributed by atoms with van der Waals surface area (Å²) in [7, 11) is 1.53. The van der Waals surface area contributed by atoms with Crippen LogP contribution in [0.1, 0.15) is 29.3 Å². The summed E-state index contributed by atoms with van der Waals surface area (Å²) in [4.78, 5) is 21.8. The molecule has 1 aromatic rings. The average Bonchev–Trinajstić information content (AvgIpc) is 2.25. The lowest BCUT2D eigenvalue weighted by molar-refractivity contribution is -0.136. The maximum Gasteiger partial charge on any atom is 0.303 e. The molecule has 1 rings (SSSR count). The van der Waals surface area contributed by atoms with Crippen LogP contribution in [0.5, 0.6) is 5.75 Å². The van der Waals surface area contributed by atoms with Gasteiger partial charge in [0, 0.05) is 12.0 Å². The molecule has 0 aliphatic heterocycles. The van der Waals surface area contributed by atoms with E-state index in [1.54, 1.807) is 18.2 Å². The lowest BCUT2D eigenvalue weighted by Crippen LogP contribution is -2.04. The first-order valence-corrected chi connectivity index (χ1v) is 4.94. The van der Waals surface area contributed by atoms with Crippen molar-refractivity contribution in [3.63, 3.8) is 0 Å². The largest absolute Gasteiger partial charge is 0.497 e. The second kappa shape index (κ2) is 5.30. The van der Waals surface area contributed by atoms with Crippen LogP contribution in [0.2, 0.25) is 0 Å². The molecule has 0 bridgehead atoms. The third-order valence-electron chi connectivity index (χ3n) is 2.30. The first-order chi connectivity index (χ1) is 7.54. The van der Waals surface area contributed by atoms with Crippen molar-refractivity contribution in [3.05, 3.63) is 29.3 Å². The van der Waals surface area contributed by atoms with Crippen LogP contribution in [-0.4, -0.2) is 24.0 Å². The lowest BCUT2D eigenvalue weighted by atomic mass is 10.00. The Morgan fingerprint density at radius 2 is 2.06 bits per heavy atom. The Balaban J connectivity index is 3.00. The zero-order valence-electron chi connectivity index (χ0n) is 9.32. The lowest BCUT2D eigenvalue weighted by Gasteiger charge is -2.08. The van der Waals surface area contributed by atoms with Crippen LogP contribution in [0.25, 0.3) is 0 Å². The molecule has 1 N–H and O–H groups in total. The summed E-state index contributed by atoms with van der Waals surface area (Å²) in [6.45, 7) is 1.46. The normalized spacial score (nSPS) is 9.88. The topological polar surface area (TPSA) is 63.6 Å². The molecule has 0 spiro atoms. The molecular formula is C12H14O4. The number of methoxy groups -OCH3 is 1. The van der Waals surface area contributed by atoms with Crippen LogP contribution in [0.15, 0.2) is 18.2 Å². The molecule has 0 fully saturated rings. The van der Waals surface area contributed by atoms with Gasteiger partial charge in [0.25, 0.3) is 0 Å². The van der Waals surface area contributed by atoms with Gasteiger partial charge in [0.05, 0.1) is 7.11 Å². The number of ether oxygens (including phenoxy) is 1. The SMILES string of the molecule is COc1ccc(C(C)=O)c(CCC(=O)O)c1. The number of aryl methyl sites for hydroxylation is 1. The molecule has 4 heteroatoms. The minimum absolute atomic E-state index is 0.00739. The molecule has 0 atom stereocenters. The van der Waals surface area contributed by atoms with Crippen molar-refractivity contribution in [3.8, 4) is 5.75 Å². The van der Waals surface area contributed by atoms with Crippen molar-refractivity contribution in [2.45, 2.75) is 19.8 Å². The first kappa shape index (κ1) is 12.2. The Morgan fingerprint density at radius 1 is 1.38 bits per heavy atom. The molecule has 0 saturated carbocycles. The van der Waals surface area contributed by atoms with Crippen LogP contribution in [0, 0.1) is 0 Å². The standard InChI is InChI=1S/C12H14O4/c1-8(13)11-5-4-10(16-2)7-9(11)3-6-12(14)15/h4-5,7H,3,6H2,1-2H3,(H,14,15). The first-order valence-electron chi connectivity index (χ1n) is 4.94. The highest BCUT2D eigenvalue weighted by molar-refractivity contribution is 5.95. The monoisotopic (exact) mass is 222 g/mol. The maximum atomic E-state index is 11.3. The maximum absolute atomic E-state index is 11.3. The summed E-state index contributed by atoms with van der Waals surface area (Å²) in [6.07, 6.45) is 0.342. The Kier molecular flexibility index (Phi) is 4.05. The molecule has 16 heavy (non-hydrogen) atoms. The van der Waals surface area contributed by atoms with Crippen molar-refractivity contribution in [2.75, 3.05) is 7.11 Å². The van der Waals surface area contributed by atoms with Crippen molar-refractivity contribution >= 4 is 11.8 Å². The molecule has 0 heterocycles. The Bertz CT molecular complexity index is 409. The van der Waals surface area contributed by atoms with Gasteiger partial charge in [-0.15, -0.1) is 0 Å². The van der Waals surface area contributed by atoms with E-state index in [-0.39, 0.29) is 12.2 Å². The smallest absolute Gasteiger partial charge is 0.303 e. The Hall–Kier alpha value is -1.84. The van der Waals surface area contributed by atoms with E-state index in [0.29, 0.717) is 23.3 Å². The second-order valence-electron chi connectivity index (χ2n) is 3.47. The number of ketones is 1. The molecule has 0 aliphatic carbocycles. The number of hydrogen-bond donors (Lipinski definition) is 1. The van der Waals surface area contributed by atoms with E-state index < -0.39 is 5.97 Å². The van der Waals surface area contributed by atoms with E-state index in [0.717, 1.165) is 0 Å². The van der Waals surface area contributed by atoms with E-state index in [9.17, 15) is 9.59 Å². The number of benzene rings is 1. The summed E-state index contributed by atoms with van der Waals surface area (Å²) in [5.74, 6) is -0.314. The zero-order valence-corrected chi connectivity index (χ0v) is 9.32. The summed E-state index contributed by atoms with van der Waals surface area (Å²) in [6, 6.07) is 5.07. The predicted octanol–water partition coefficient (Wildman–Crippen LogP) is 1.92. The van der Waals surface area contributed by atoms with Gasteiger partial charge in [0.15, 0.2) is 5.78 Å². The number of carboxylic acid groups (broad SMARTS) is 1. The third kappa shape index (κ3) is 3.08. The molecule has 0 unspecified atom stereocenters. The van der Waals surface area contributed by atoms with Crippen LogP contribution >= 0.6 is 0 Å². The fourth-order valence-electron chi connectivity index (χ4n) is 1.49. The van der Waals surface area contributed by atoms with Gasteiger partial charge >= 0.3 is 5.97 Å². The number of carbonyl (C=O) groups excluding carboxylic acids is 1. The molecular weight excluding hydrogens is 208 g/mol. The average molecular weight is 222 g/mol. The minimum Gasteiger partial charge on any atom is -0.497 e. The van der Waals surface area contributed by atoms with Gasteiger partial charge in [-0.1, -0.05) is 0 Å². The molecule has 4 nitrogen and oxygen atoms in total. The highest BCUT2D eigenvalue weighted by atomic mass is 16.5. The highest BCUT2D eigenvalue weighted by Gasteiger charge is 2.10. The number of aliphatic carboxylic acids is 1. The van der Waals surface area contributed by atoms with Gasteiger partial charge in [-0.05, 0) is 37.1 Å². The van der Waals surface area contributed by atoms with Crippen LogP contribution in [0.4, 0.5) is 0 Å². The van der Waals surface area contributed by atoms with Crippen molar-refractivity contribution in [2.24, 2.45) is 0 Å². The van der Waals surface area contributed by atoms with E-state index in [4.69, 9.17) is 9.84 Å². The molecule has 0 radical (unpaired) electrons. The molecule has 0 aromatic heterocycles. The van der Waals surface area contributed by atoms with E-state index in [2.05, 4.69) is 0 Å². The predicted molar refractivity (Wildman–Crippen MR) is 59.0 cm³/mol. The van der Waals surface area contributed by atoms with E-state index in [1.165, 1.54) is 14.0 Å². The van der Waals surface area contributed by atoms with Gasteiger partial charge in [-0.25, -0.2) is 0 Å². The van der Waals surface area contributed by atoms with Gasteiger partial charge in [0.2, 0.25) is 0 Å². The zero-order chi connectivity index (χ0) is 12.1. The molecule has 86 valence electrons. The quantitative estimate of drug-likeness (QED) is 0.773. The van der Waals surface area contributed by atoms with Crippen molar-refractivity contribution < 1.29 is 19.4 Å². The van der Waals surface area contributed by atoms with Crippen molar-refractivity contribution in [1.82, 2.24) is 0 Å². The number of hydrogen-bond acceptors (Lipinski definition) is 3. The van der Waals surface area contributed by atoms with Crippen LogP contribution in [-0.2, 0) is 11.2 Å². The molecule has 0 saturated heterocycles. The Morgan fingerprint density at radius 3 is 2.56 bits per heavy atom. The summed E-state index contributed by atoms with van der Waals surface area (Å²) in [5, 5.41) is 8.61. The number of carboxylic acids is 1. The second-order valence-corrected chi connectivity index (χ2v) is 3.47. The van der Waals surface area contributed by atoms with Gasteiger partial charge in [-0.3, -0.25) is 9.59 Å². The number of carbonyl (C=O) groups is 2. The number of rotatable bonds is 5. The van der Waals surface area contributed by atoms with E-state index >= 15 is 0 Å². The van der Waals surface area contributed by atoms with Crippen LogP contribution < -0.4 is 4.74 Å². The molecule has 0 aliphatic rings. The van der Waals surface area contributed by atoms with Gasteiger partial charge in [0.1, 0.15) is 5.75 Å². The van der Waals surface area contributed by atoms with Gasteiger partial charge in [-0.2, -0.15) is 0 Å². The minimum atomic E-state index is -0.877. The van der Waals surface area contributed by atoms with Crippen LogP contribution in [0.3, 0.4) is 0 Å².